The van der Waals surface area contributed by atoms with E-state index in [0.29, 0.717) is 36.2 Å². The Kier molecular flexibility index (Phi) is 8.86. The summed E-state index contributed by atoms with van der Waals surface area (Å²) < 4.78 is 12.0. The highest BCUT2D eigenvalue weighted by atomic mass is 127. The molecule has 0 atom stereocenters. The molecular formula is C31H24ClIN2O5S. The second-order valence-corrected chi connectivity index (χ2v) is 11.8. The summed E-state index contributed by atoms with van der Waals surface area (Å²) in [6, 6.07) is 22.5. The van der Waals surface area contributed by atoms with Gasteiger partial charge in [-0.25, -0.2) is 0 Å². The van der Waals surface area contributed by atoms with Crippen LogP contribution in [0.2, 0.25) is 5.02 Å². The number of anilines is 1. The summed E-state index contributed by atoms with van der Waals surface area (Å²) in [7, 11) is 1.49. The Morgan fingerprint density at radius 2 is 1.85 bits per heavy atom. The van der Waals surface area contributed by atoms with Crippen LogP contribution in [0.3, 0.4) is 0 Å². The minimum absolute atomic E-state index is 0.188. The van der Waals surface area contributed by atoms with E-state index in [-0.39, 0.29) is 30.2 Å². The number of hydrogen-bond donors (Lipinski definition) is 1. The standard InChI is InChI=1S/C31H24ClIN2O5S/c1-18-10-11-22(15-24(18)32)34-28(36)17-40-29-25(33)12-19(13-26(29)39-2)14-27-30(37)35(31(38)41-27)16-21-8-5-7-20-6-3-4-9-23(20)21/h3-15H,16-17H2,1-2H3,(H,34,36)/b27-14-. The van der Waals surface area contributed by atoms with E-state index in [1.54, 1.807) is 30.3 Å². The maximum absolute atomic E-state index is 13.2. The first-order valence-corrected chi connectivity index (χ1v) is 14.8. The number of halogens is 2. The van der Waals surface area contributed by atoms with E-state index < -0.39 is 0 Å². The zero-order chi connectivity index (χ0) is 29.1. The number of ether oxygens (including phenoxy) is 2. The molecule has 0 saturated carbocycles. The highest BCUT2D eigenvalue weighted by Crippen LogP contribution is 2.38. The molecule has 1 saturated heterocycles. The van der Waals surface area contributed by atoms with Crippen molar-refractivity contribution in [2.24, 2.45) is 0 Å². The molecule has 0 radical (unpaired) electrons. The number of carbonyl (C=O) groups excluding carboxylic acids is 3. The Morgan fingerprint density at radius 3 is 2.63 bits per heavy atom. The number of nitrogens with zero attached hydrogens (tertiary/aromatic N) is 1. The van der Waals surface area contributed by atoms with Gasteiger partial charge in [0, 0.05) is 10.7 Å². The first-order valence-electron chi connectivity index (χ1n) is 12.5. The van der Waals surface area contributed by atoms with E-state index in [0.717, 1.165) is 33.7 Å². The van der Waals surface area contributed by atoms with Crippen molar-refractivity contribution in [2.75, 3.05) is 19.0 Å². The van der Waals surface area contributed by atoms with Gasteiger partial charge in [-0.3, -0.25) is 19.3 Å². The first-order chi connectivity index (χ1) is 19.7. The van der Waals surface area contributed by atoms with Crippen molar-refractivity contribution >= 4 is 85.5 Å². The van der Waals surface area contributed by atoms with Crippen LogP contribution < -0.4 is 14.8 Å². The zero-order valence-corrected chi connectivity index (χ0v) is 25.8. The summed E-state index contributed by atoms with van der Waals surface area (Å²) in [5, 5.41) is 5.05. The molecule has 0 bridgehead atoms. The van der Waals surface area contributed by atoms with Gasteiger partial charge >= 0.3 is 0 Å². The molecule has 7 nitrogen and oxygen atoms in total. The normalized spacial score (nSPS) is 14.1. The average Bonchev–Trinajstić information content (AvgIpc) is 3.21. The molecule has 1 fully saturated rings. The van der Waals surface area contributed by atoms with Crippen LogP contribution in [0.25, 0.3) is 16.8 Å². The molecule has 10 heteroatoms. The lowest BCUT2D eigenvalue weighted by Crippen LogP contribution is -2.27. The second-order valence-electron chi connectivity index (χ2n) is 9.24. The second kappa shape index (κ2) is 12.5. The van der Waals surface area contributed by atoms with Crippen molar-refractivity contribution in [3.05, 3.63) is 103 Å². The fourth-order valence-corrected chi connectivity index (χ4v) is 6.16. The van der Waals surface area contributed by atoms with Gasteiger partial charge in [0.15, 0.2) is 18.1 Å². The molecule has 0 aliphatic carbocycles. The lowest BCUT2D eigenvalue weighted by Gasteiger charge is -2.15. The number of nitrogens with one attached hydrogen (secondary N) is 1. The van der Waals surface area contributed by atoms with Gasteiger partial charge in [0.2, 0.25) is 0 Å². The number of imide groups is 1. The molecule has 5 rings (SSSR count). The predicted octanol–water partition coefficient (Wildman–Crippen LogP) is 7.67. The molecular weight excluding hydrogens is 675 g/mol. The summed E-state index contributed by atoms with van der Waals surface area (Å²) in [6.07, 6.45) is 1.66. The van der Waals surface area contributed by atoms with Gasteiger partial charge < -0.3 is 14.8 Å². The maximum Gasteiger partial charge on any atom is 0.293 e. The van der Waals surface area contributed by atoms with Gasteiger partial charge in [-0.05, 0) is 99.1 Å². The Hall–Kier alpha value is -3.54. The van der Waals surface area contributed by atoms with Gasteiger partial charge in [-0.15, -0.1) is 0 Å². The van der Waals surface area contributed by atoms with E-state index in [4.69, 9.17) is 21.1 Å². The summed E-state index contributed by atoms with van der Waals surface area (Å²) in [5.74, 6) is 0.0811. The molecule has 1 aliphatic heterocycles. The lowest BCUT2D eigenvalue weighted by atomic mass is 10.0. The number of aryl methyl sites for hydroxylation is 1. The van der Waals surface area contributed by atoms with Crippen LogP contribution in [0.1, 0.15) is 16.7 Å². The Labute approximate surface area is 260 Å². The van der Waals surface area contributed by atoms with E-state index in [9.17, 15) is 14.4 Å². The van der Waals surface area contributed by atoms with Crippen molar-refractivity contribution in [3.63, 3.8) is 0 Å². The van der Waals surface area contributed by atoms with Crippen LogP contribution in [-0.2, 0) is 16.1 Å². The predicted molar refractivity (Wildman–Crippen MR) is 171 cm³/mol. The Morgan fingerprint density at radius 1 is 1.07 bits per heavy atom. The van der Waals surface area contributed by atoms with Crippen LogP contribution in [0, 0.1) is 10.5 Å². The quantitative estimate of drug-likeness (QED) is 0.150. The molecule has 0 aromatic heterocycles. The molecule has 4 aromatic rings. The number of hydrogen-bond acceptors (Lipinski definition) is 6. The highest BCUT2D eigenvalue weighted by molar-refractivity contribution is 14.1. The van der Waals surface area contributed by atoms with E-state index >= 15 is 0 Å². The summed E-state index contributed by atoms with van der Waals surface area (Å²) in [6.45, 7) is 1.82. The number of methoxy groups -OCH3 is 1. The molecule has 3 amide bonds. The number of rotatable bonds is 8. The fraction of sp³-hybridized carbons (Fsp3) is 0.129. The van der Waals surface area contributed by atoms with Gasteiger partial charge in [0.25, 0.3) is 17.1 Å². The number of thioether (sulfide) groups is 1. The molecule has 1 heterocycles. The van der Waals surface area contributed by atoms with Crippen LogP contribution in [0.5, 0.6) is 11.5 Å². The summed E-state index contributed by atoms with van der Waals surface area (Å²) in [4.78, 5) is 40.1. The third-order valence-electron chi connectivity index (χ3n) is 6.43. The fourth-order valence-electron chi connectivity index (χ4n) is 4.36. The van der Waals surface area contributed by atoms with Crippen molar-refractivity contribution in [2.45, 2.75) is 13.5 Å². The van der Waals surface area contributed by atoms with Crippen molar-refractivity contribution < 1.29 is 23.9 Å². The number of amides is 3. The summed E-state index contributed by atoms with van der Waals surface area (Å²) in [5.41, 5.74) is 3.04. The Bertz CT molecular complexity index is 1720. The topological polar surface area (TPSA) is 84.9 Å². The third-order valence-corrected chi connectivity index (χ3v) is 8.55. The monoisotopic (exact) mass is 698 g/mol. The summed E-state index contributed by atoms with van der Waals surface area (Å²) >= 11 is 9.13. The minimum Gasteiger partial charge on any atom is -0.493 e. The van der Waals surface area contributed by atoms with E-state index in [1.165, 1.54) is 12.0 Å². The van der Waals surface area contributed by atoms with E-state index in [1.807, 2.05) is 55.5 Å². The van der Waals surface area contributed by atoms with Crippen molar-refractivity contribution in [3.8, 4) is 11.5 Å². The van der Waals surface area contributed by atoms with Gasteiger partial charge in [-0.2, -0.15) is 0 Å². The number of benzene rings is 4. The van der Waals surface area contributed by atoms with Gasteiger partial charge in [-0.1, -0.05) is 60.1 Å². The highest BCUT2D eigenvalue weighted by Gasteiger charge is 2.35. The van der Waals surface area contributed by atoms with Crippen LogP contribution in [0.4, 0.5) is 10.5 Å². The van der Waals surface area contributed by atoms with Gasteiger partial charge in [0.1, 0.15) is 0 Å². The molecule has 41 heavy (non-hydrogen) atoms. The minimum atomic E-state index is -0.355. The molecule has 1 N–H and O–H groups in total. The van der Waals surface area contributed by atoms with Gasteiger partial charge in [0.05, 0.1) is 22.1 Å². The number of carbonyl (C=O) groups is 3. The SMILES string of the molecule is COc1cc(/C=C2\SC(=O)N(Cc3cccc4ccccc34)C2=O)cc(I)c1OCC(=O)Nc1ccc(C)c(Cl)c1. The maximum atomic E-state index is 13.2. The van der Waals surface area contributed by atoms with E-state index in [2.05, 4.69) is 27.9 Å². The van der Waals surface area contributed by atoms with Crippen LogP contribution >= 0.6 is 46.0 Å². The largest absolute Gasteiger partial charge is 0.493 e. The Balaban J connectivity index is 1.30. The molecule has 4 aromatic carbocycles. The zero-order valence-electron chi connectivity index (χ0n) is 22.1. The molecule has 0 spiro atoms. The molecule has 0 unspecified atom stereocenters. The average molecular weight is 699 g/mol. The van der Waals surface area contributed by atoms with Crippen molar-refractivity contribution in [1.82, 2.24) is 4.90 Å². The molecule has 1 aliphatic rings. The van der Waals surface area contributed by atoms with Crippen molar-refractivity contribution in [1.29, 1.82) is 0 Å². The molecule has 208 valence electrons. The third kappa shape index (κ3) is 6.52. The lowest BCUT2D eigenvalue weighted by molar-refractivity contribution is -0.123. The smallest absolute Gasteiger partial charge is 0.293 e. The number of fused-ring (bicyclic) bond motifs is 1. The van der Waals surface area contributed by atoms with Crippen LogP contribution in [-0.4, -0.2) is 35.7 Å². The first kappa shape index (κ1) is 29.0. The van der Waals surface area contributed by atoms with Crippen LogP contribution in [0.15, 0.2) is 77.7 Å².